The highest BCUT2D eigenvalue weighted by Crippen LogP contribution is 2.50. The molecule has 1 spiro atoms. The fraction of sp³-hybridized carbons (Fsp3) is 0.529. The van der Waals surface area contributed by atoms with Crippen molar-refractivity contribution in [1.29, 1.82) is 0 Å². The first kappa shape index (κ1) is 32.4. The third-order valence-corrected chi connectivity index (χ3v) is 9.26. The summed E-state index contributed by atoms with van der Waals surface area (Å²) in [5, 5.41) is 16.4. The molecule has 5 rings (SSSR count). The van der Waals surface area contributed by atoms with Gasteiger partial charge < -0.3 is 10.2 Å². The van der Waals surface area contributed by atoms with E-state index >= 15 is 0 Å². The van der Waals surface area contributed by atoms with Gasteiger partial charge in [-0.25, -0.2) is 8.78 Å². The van der Waals surface area contributed by atoms with Crippen LogP contribution < -0.4 is 5.32 Å². The summed E-state index contributed by atoms with van der Waals surface area (Å²) in [5.41, 5.74) is 0.912. The summed E-state index contributed by atoms with van der Waals surface area (Å²) >= 11 is 0. The van der Waals surface area contributed by atoms with Gasteiger partial charge in [0.2, 0.25) is 0 Å². The first-order valence-electron chi connectivity index (χ1n) is 15.9. The van der Waals surface area contributed by atoms with E-state index in [0.29, 0.717) is 42.5 Å². The summed E-state index contributed by atoms with van der Waals surface area (Å²) in [5.74, 6) is -0.754. The average molecular weight is 620 g/mol. The maximum absolute atomic E-state index is 14.4. The van der Waals surface area contributed by atoms with Gasteiger partial charge in [-0.05, 0) is 79.2 Å². The van der Waals surface area contributed by atoms with E-state index in [9.17, 15) is 18.4 Å². The molecule has 2 amide bonds. The van der Waals surface area contributed by atoms with Crippen LogP contribution >= 0.6 is 0 Å². The van der Waals surface area contributed by atoms with Gasteiger partial charge in [0, 0.05) is 17.2 Å². The summed E-state index contributed by atoms with van der Waals surface area (Å²) in [7, 11) is 0. The number of hydrogen-bond donors (Lipinski definition) is 2. The molecule has 2 heterocycles. The maximum atomic E-state index is 14.4. The lowest BCUT2D eigenvalue weighted by atomic mass is 9.69. The smallest absolute Gasteiger partial charge is 0.275 e. The van der Waals surface area contributed by atoms with Gasteiger partial charge in [0.1, 0.15) is 23.0 Å². The summed E-state index contributed by atoms with van der Waals surface area (Å²) in [6, 6.07) is 10.1. The van der Waals surface area contributed by atoms with Gasteiger partial charge in [-0.1, -0.05) is 64.8 Å². The molecule has 1 aliphatic heterocycles. The lowest BCUT2D eigenvalue weighted by Crippen LogP contribution is -2.51. The Morgan fingerprint density at radius 2 is 1.73 bits per heavy atom. The Labute approximate surface area is 263 Å². The highest BCUT2D eigenvalue weighted by molar-refractivity contribution is 6.46. The van der Waals surface area contributed by atoms with Crippen LogP contribution in [0.3, 0.4) is 0 Å². The summed E-state index contributed by atoms with van der Waals surface area (Å²) < 4.78 is 28.7. The second kappa shape index (κ2) is 13.1. The molecule has 1 fully saturated rings. The fourth-order valence-corrected chi connectivity index (χ4v) is 6.76. The van der Waals surface area contributed by atoms with Crippen molar-refractivity contribution in [2.75, 3.05) is 0 Å². The van der Waals surface area contributed by atoms with Crippen molar-refractivity contribution >= 4 is 17.5 Å². The molecule has 0 unspecified atom stereocenters. The predicted molar refractivity (Wildman–Crippen MR) is 167 cm³/mol. The van der Waals surface area contributed by atoms with Crippen molar-refractivity contribution in [3.8, 4) is 0 Å². The average Bonchev–Trinajstić information content (AvgIpc) is 3.60. The third kappa shape index (κ3) is 7.28. The molecule has 1 aromatic heterocycles. The molecule has 45 heavy (non-hydrogen) atoms. The van der Waals surface area contributed by atoms with Gasteiger partial charge in [0.25, 0.3) is 11.8 Å². The molecule has 2 N–H and O–H groups in total. The van der Waals surface area contributed by atoms with Gasteiger partial charge in [0.15, 0.2) is 5.82 Å². The third-order valence-electron chi connectivity index (χ3n) is 9.26. The highest BCUT2D eigenvalue weighted by atomic mass is 19.1. The van der Waals surface area contributed by atoms with E-state index in [0.717, 1.165) is 37.3 Å². The lowest BCUT2D eigenvalue weighted by molar-refractivity contribution is -0.133. The first-order chi connectivity index (χ1) is 21.4. The van der Waals surface area contributed by atoms with Crippen LogP contribution in [0.25, 0.3) is 0 Å². The second-order valence-corrected chi connectivity index (χ2v) is 13.9. The number of tetrazole rings is 1. The van der Waals surface area contributed by atoms with Crippen molar-refractivity contribution in [2.24, 2.45) is 22.2 Å². The molecular weight excluding hydrogens is 576 g/mol. The van der Waals surface area contributed by atoms with Crippen molar-refractivity contribution < 1.29 is 18.4 Å². The topological polar surface area (TPSA) is 116 Å². The quantitative estimate of drug-likeness (QED) is 0.267. The van der Waals surface area contributed by atoms with Gasteiger partial charge in [-0.2, -0.15) is 5.21 Å². The molecule has 1 saturated carbocycles. The van der Waals surface area contributed by atoms with E-state index in [-0.39, 0.29) is 41.1 Å². The summed E-state index contributed by atoms with van der Waals surface area (Å²) in [4.78, 5) is 34.2. The summed E-state index contributed by atoms with van der Waals surface area (Å²) in [6.45, 7) is 11.2. The van der Waals surface area contributed by atoms with E-state index in [4.69, 9.17) is 4.99 Å². The number of hydrogen-bond acceptors (Lipinski definition) is 6. The Bertz CT molecular complexity index is 1500. The molecular formula is C34H43F2N7O2. The number of nitrogens with one attached hydrogen (secondary N) is 2. The predicted octanol–water partition coefficient (Wildman–Crippen LogP) is 6.54. The SMILES string of the molecule is CC(C)CCC[C@H](c1ccc(C(=O)NCc2nn[nH]n2)cc1)N1C(=O)C(c2cc(F)cc(F)c2)=NC12CCC(C(C)(C)C)CC2. The molecule has 2 aromatic carbocycles. The van der Waals surface area contributed by atoms with Crippen LogP contribution in [-0.2, 0) is 11.3 Å². The molecule has 0 bridgehead atoms. The van der Waals surface area contributed by atoms with Crippen LogP contribution in [0.4, 0.5) is 8.78 Å². The van der Waals surface area contributed by atoms with Crippen LogP contribution in [0.5, 0.6) is 0 Å². The van der Waals surface area contributed by atoms with Crippen molar-refractivity contribution in [3.05, 3.63) is 76.6 Å². The minimum atomic E-state index is -0.819. The number of nitrogens with zero attached hydrogens (tertiary/aromatic N) is 5. The molecule has 9 nitrogen and oxygen atoms in total. The largest absolute Gasteiger partial charge is 0.345 e. The van der Waals surface area contributed by atoms with E-state index in [1.807, 2.05) is 17.0 Å². The summed E-state index contributed by atoms with van der Waals surface area (Å²) in [6.07, 6.45) is 5.66. The maximum Gasteiger partial charge on any atom is 0.275 e. The Kier molecular flexibility index (Phi) is 9.46. The number of halogens is 2. The zero-order valence-corrected chi connectivity index (χ0v) is 26.7. The van der Waals surface area contributed by atoms with E-state index in [1.54, 1.807) is 12.1 Å². The first-order valence-corrected chi connectivity index (χ1v) is 15.9. The van der Waals surface area contributed by atoms with Crippen LogP contribution in [-0.4, -0.2) is 48.7 Å². The van der Waals surface area contributed by atoms with Crippen molar-refractivity contribution in [3.63, 3.8) is 0 Å². The molecule has 1 aliphatic carbocycles. The monoisotopic (exact) mass is 619 g/mol. The van der Waals surface area contributed by atoms with E-state index < -0.39 is 17.3 Å². The number of aromatic amines is 1. The fourth-order valence-electron chi connectivity index (χ4n) is 6.76. The van der Waals surface area contributed by atoms with Crippen LogP contribution in [0.15, 0.2) is 47.5 Å². The van der Waals surface area contributed by atoms with Gasteiger partial charge in [-0.15, -0.1) is 10.2 Å². The highest BCUT2D eigenvalue weighted by Gasteiger charge is 2.52. The number of carbonyl (C=O) groups is 2. The minimum absolute atomic E-state index is 0.105. The zero-order chi connectivity index (χ0) is 32.4. The number of H-pyrrole nitrogens is 1. The molecule has 3 aromatic rings. The molecule has 2 aliphatic rings. The number of aliphatic imine (C=N–C) groups is 1. The zero-order valence-electron chi connectivity index (χ0n) is 26.7. The molecule has 1 atom stereocenters. The number of aromatic nitrogens is 4. The lowest BCUT2D eigenvalue weighted by Gasteiger charge is -2.47. The Morgan fingerprint density at radius 3 is 2.31 bits per heavy atom. The van der Waals surface area contributed by atoms with Crippen molar-refractivity contribution in [2.45, 2.75) is 97.8 Å². The van der Waals surface area contributed by atoms with Crippen molar-refractivity contribution in [1.82, 2.24) is 30.8 Å². The second-order valence-electron chi connectivity index (χ2n) is 13.9. The Morgan fingerprint density at radius 1 is 1.07 bits per heavy atom. The Balaban J connectivity index is 1.49. The number of carbonyl (C=O) groups excluding carboxylic acids is 2. The standard InChI is InChI=1S/C34H43F2N7O2/c1-21(2)7-6-8-28(22-9-11-23(12-10-22)31(44)37-20-29-39-41-42-40-29)43-32(45)30(24-17-26(35)19-27(36)18-24)38-34(43)15-13-25(14-16-34)33(3,4)5/h9-12,17-19,21,25,28H,6-8,13-16,20H2,1-5H3,(H,37,44)(H,39,40,41,42)/t25?,28-,34?/m1/s1. The molecule has 11 heteroatoms. The van der Waals surface area contributed by atoms with Crippen LogP contribution in [0, 0.1) is 28.9 Å². The Hall–Kier alpha value is -4.02. The molecule has 240 valence electrons. The number of rotatable bonds is 10. The van der Waals surface area contributed by atoms with Gasteiger partial charge in [0.05, 0.1) is 12.6 Å². The molecule has 0 radical (unpaired) electrons. The van der Waals surface area contributed by atoms with Crippen LogP contribution in [0.1, 0.15) is 113 Å². The van der Waals surface area contributed by atoms with Gasteiger partial charge in [-0.3, -0.25) is 14.6 Å². The van der Waals surface area contributed by atoms with E-state index in [1.165, 1.54) is 12.1 Å². The molecule has 0 saturated heterocycles. The number of amides is 2. The minimum Gasteiger partial charge on any atom is -0.345 e. The number of benzene rings is 2. The van der Waals surface area contributed by atoms with Gasteiger partial charge >= 0.3 is 0 Å². The van der Waals surface area contributed by atoms with Crippen LogP contribution in [0.2, 0.25) is 0 Å². The normalized spacial score (nSPS) is 21.0. The van der Waals surface area contributed by atoms with E-state index in [2.05, 4.69) is 60.6 Å².